The third kappa shape index (κ3) is 3.04. The Bertz CT molecular complexity index is 407. The molecule has 18 heavy (non-hydrogen) atoms. The summed E-state index contributed by atoms with van der Waals surface area (Å²) in [6, 6.07) is 4.91. The number of benzene rings is 1. The summed E-state index contributed by atoms with van der Waals surface area (Å²) in [6.07, 6.45) is 4.53. The van der Waals surface area contributed by atoms with E-state index in [1.807, 2.05) is 6.07 Å². The lowest BCUT2D eigenvalue weighted by molar-refractivity contribution is 0.0475. The standard InChI is InChI=1S/C15H20ClFO/c1-2-10-6-7-14(18)12(8-10)9-11-4-3-5-13(17)15(11)16/h3-5,10,12,14,18H,2,6-9H2,1H3. The fraction of sp³-hybridized carbons (Fsp3) is 0.600. The Labute approximate surface area is 113 Å². The van der Waals surface area contributed by atoms with Crippen LogP contribution in [0.1, 0.15) is 38.2 Å². The second-order valence-corrected chi connectivity index (χ2v) is 5.71. The molecule has 3 heteroatoms. The van der Waals surface area contributed by atoms with Crippen LogP contribution < -0.4 is 0 Å². The van der Waals surface area contributed by atoms with E-state index in [-0.39, 0.29) is 22.9 Å². The van der Waals surface area contributed by atoms with Crippen molar-refractivity contribution in [2.45, 2.75) is 45.1 Å². The zero-order valence-electron chi connectivity index (χ0n) is 10.7. The third-order valence-electron chi connectivity index (χ3n) is 4.14. The molecule has 0 heterocycles. The summed E-state index contributed by atoms with van der Waals surface area (Å²) < 4.78 is 13.4. The third-order valence-corrected chi connectivity index (χ3v) is 4.57. The zero-order valence-corrected chi connectivity index (χ0v) is 11.5. The Kier molecular flexibility index (Phi) is 4.63. The van der Waals surface area contributed by atoms with E-state index >= 15 is 0 Å². The summed E-state index contributed by atoms with van der Waals surface area (Å²) in [5.41, 5.74) is 0.817. The first kappa shape index (κ1) is 13.8. The highest BCUT2D eigenvalue weighted by atomic mass is 35.5. The molecule has 0 radical (unpaired) electrons. The maximum absolute atomic E-state index is 13.4. The van der Waals surface area contributed by atoms with Crippen molar-refractivity contribution in [1.82, 2.24) is 0 Å². The Hall–Kier alpha value is -0.600. The molecule has 1 aromatic rings. The van der Waals surface area contributed by atoms with E-state index in [4.69, 9.17) is 11.6 Å². The number of hydrogen-bond donors (Lipinski definition) is 1. The molecule has 0 aromatic heterocycles. The highest BCUT2D eigenvalue weighted by molar-refractivity contribution is 6.31. The topological polar surface area (TPSA) is 20.2 Å². The van der Waals surface area contributed by atoms with Gasteiger partial charge in [-0.1, -0.05) is 37.1 Å². The highest BCUT2D eigenvalue weighted by Crippen LogP contribution is 2.34. The number of hydrogen-bond acceptors (Lipinski definition) is 1. The van der Waals surface area contributed by atoms with Gasteiger partial charge in [-0.15, -0.1) is 0 Å². The SMILES string of the molecule is CCC1CCC(O)C(Cc2cccc(F)c2Cl)C1. The molecule has 3 unspecified atom stereocenters. The van der Waals surface area contributed by atoms with Gasteiger partial charge in [-0.2, -0.15) is 0 Å². The smallest absolute Gasteiger partial charge is 0.142 e. The van der Waals surface area contributed by atoms with Crippen molar-refractivity contribution in [1.29, 1.82) is 0 Å². The number of aliphatic hydroxyl groups is 1. The molecule has 1 saturated carbocycles. The predicted molar refractivity (Wildman–Crippen MR) is 72.2 cm³/mol. The van der Waals surface area contributed by atoms with Crippen LogP contribution in [0, 0.1) is 17.7 Å². The Balaban J connectivity index is 2.09. The van der Waals surface area contributed by atoms with Crippen molar-refractivity contribution in [2.75, 3.05) is 0 Å². The maximum Gasteiger partial charge on any atom is 0.142 e. The molecule has 0 saturated heterocycles. The molecule has 1 N–H and O–H groups in total. The molecule has 0 bridgehead atoms. The van der Waals surface area contributed by atoms with E-state index < -0.39 is 0 Å². The molecule has 0 aliphatic heterocycles. The van der Waals surface area contributed by atoms with Crippen LogP contribution in [0.2, 0.25) is 5.02 Å². The van der Waals surface area contributed by atoms with Gasteiger partial charge in [-0.05, 0) is 49.1 Å². The lowest BCUT2D eigenvalue weighted by Gasteiger charge is -2.33. The van der Waals surface area contributed by atoms with Gasteiger partial charge in [0.2, 0.25) is 0 Å². The molecule has 0 spiro atoms. The van der Waals surface area contributed by atoms with Gasteiger partial charge in [0.15, 0.2) is 0 Å². The van der Waals surface area contributed by atoms with Crippen molar-refractivity contribution < 1.29 is 9.50 Å². The molecule has 1 aromatic carbocycles. The lowest BCUT2D eigenvalue weighted by Crippen LogP contribution is -2.30. The molecule has 0 amide bonds. The fourth-order valence-electron chi connectivity index (χ4n) is 2.92. The molecule has 1 aliphatic rings. The first-order valence-corrected chi connectivity index (χ1v) is 7.10. The highest BCUT2D eigenvalue weighted by Gasteiger charge is 2.29. The van der Waals surface area contributed by atoms with Gasteiger partial charge < -0.3 is 5.11 Å². The van der Waals surface area contributed by atoms with E-state index in [0.29, 0.717) is 12.3 Å². The van der Waals surface area contributed by atoms with Crippen molar-refractivity contribution in [3.8, 4) is 0 Å². The Morgan fingerprint density at radius 3 is 2.89 bits per heavy atom. The Morgan fingerprint density at radius 1 is 1.39 bits per heavy atom. The summed E-state index contributed by atoms with van der Waals surface area (Å²) in [5.74, 6) is 0.528. The van der Waals surface area contributed by atoms with E-state index in [1.54, 1.807) is 6.07 Å². The molecule has 1 aliphatic carbocycles. The van der Waals surface area contributed by atoms with E-state index in [0.717, 1.165) is 31.2 Å². The quantitative estimate of drug-likeness (QED) is 0.872. The fourth-order valence-corrected chi connectivity index (χ4v) is 3.13. The summed E-state index contributed by atoms with van der Waals surface area (Å²) >= 11 is 5.97. The van der Waals surface area contributed by atoms with Crippen LogP contribution in [-0.4, -0.2) is 11.2 Å². The summed E-state index contributed by atoms with van der Waals surface area (Å²) in [4.78, 5) is 0. The van der Waals surface area contributed by atoms with Crippen molar-refractivity contribution in [2.24, 2.45) is 11.8 Å². The van der Waals surface area contributed by atoms with Crippen molar-refractivity contribution >= 4 is 11.6 Å². The minimum Gasteiger partial charge on any atom is -0.393 e. The molecule has 1 fully saturated rings. The second-order valence-electron chi connectivity index (χ2n) is 5.33. The monoisotopic (exact) mass is 270 g/mol. The largest absolute Gasteiger partial charge is 0.393 e. The summed E-state index contributed by atoms with van der Waals surface area (Å²) in [5, 5.41) is 10.3. The summed E-state index contributed by atoms with van der Waals surface area (Å²) in [6.45, 7) is 2.19. The van der Waals surface area contributed by atoms with Crippen LogP contribution in [-0.2, 0) is 6.42 Å². The minimum atomic E-state index is -0.369. The van der Waals surface area contributed by atoms with Gasteiger partial charge in [0.05, 0.1) is 11.1 Å². The van der Waals surface area contributed by atoms with Crippen LogP contribution in [0.15, 0.2) is 18.2 Å². The van der Waals surface area contributed by atoms with E-state index in [1.165, 1.54) is 6.07 Å². The van der Waals surface area contributed by atoms with Crippen LogP contribution in [0.4, 0.5) is 4.39 Å². The molecule has 2 rings (SSSR count). The van der Waals surface area contributed by atoms with Gasteiger partial charge in [0.25, 0.3) is 0 Å². The molecule has 1 nitrogen and oxygen atoms in total. The molecular weight excluding hydrogens is 251 g/mol. The minimum absolute atomic E-state index is 0.211. The maximum atomic E-state index is 13.4. The zero-order chi connectivity index (χ0) is 13.1. The average Bonchev–Trinajstić information content (AvgIpc) is 2.37. The number of aliphatic hydroxyl groups excluding tert-OH is 1. The van der Waals surface area contributed by atoms with Gasteiger partial charge in [-0.25, -0.2) is 4.39 Å². The van der Waals surface area contributed by atoms with Crippen LogP contribution in [0.5, 0.6) is 0 Å². The molecular formula is C15H20ClFO. The second kappa shape index (κ2) is 6.03. The van der Waals surface area contributed by atoms with Crippen LogP contribution in [0.3, 0.4) is 0 Å². The number of rotatable bonds is 3. The summed E-state index contributed by atoms with van der Waals surface area (Å²) in [7, 11) is 0. The van der Waals surface area contributed by atoms with Gasteiger partial charge in [-0.3, -0.25) is 0 Å². The average molecular weight is 271 g/mol. The van der Waals surface area contributed by atoms with Gasteiger partial charge >= 0.3 is 0 Å². The van der Waals surface area contributed by atoms with Crippen LogP contribution in [0.25, 0.3) is 0 Å². The number of halogens is 2. The van der Waals surface area contributed by atoms with E-state index in [2.05, 4.69) is 6.92 Å². The van der Waals surface area contributed by atoms with Crippen molar-refractivity contribution in [3.05, 3.63) is 34.6 Å². The molecule has 3 atom stereocenters. The van der Waals surface area contributed by atoms with Crippen molar-refractivity contribution in [3.63, 3.8) is 0 Å². The van der Waals surface area contributed by atoms with E-state index in [9.17, 15) is 9.50 Å². The lowest BCUT2D eigenvalue weighted by atomic mass is 9.76. The first-order chi connectivity index (χ1) is 8.61. The van der Waals surface area contributed by atoms with Crippen LogP contribution >= 0.6 is 11.6 Å². The molecule has 100 valence electrons. The predicted octanol–water partition coefficient (Wildman–Crippen LogP) is 4.21. The first-order valence-electron chi connectivity index (χ1n) is 6.72. The Morgan fingerprint density at radius 2 is 2.17 bits per heavy atom. The van der Waals surface area contributed by atoms with Gasteiger partial charge in [0, 0.05) is 0 Å². The van der Waals surface area contributed by atoms with Gasteiger partial charge in [0.1, 0.15) is 5.82 Å². The normalized spacial score (nSPS) is 28.3.